The summed E-state index contributed by atoms with van der Waals surface area (Å²) >= 11 is 0. The first-order chi connectivity index (χ1) is 11.1. The van der Waals surface area contributed by atoms with Crippen LogP contribution in [0.5, 0.6) is 0 Å². The number of carbonyl (C=O) groups excluding carboxylic acids is 1. The number of hydrogen-bond acceptors (Lipinski definition) is 3. The number of carbonyl (C=O) groups is 1. The molecule has 0 atom stereocenters. The van der Waals surface area contributed by atoms with Gasteiger partial charge in [-0.3, -0.25) is 14.5 Å². The monoisotopic (exact) mass is 313 g/mol. The standard InChI is InChI=1S/C17H13F2N3O/c18-13-3-11(4-14(19)6-13)12-5-16-15(20-7-12)8-21-22(16)9-17(23)10-1-2-10/h3-8,10H,1-2,9H2. The van der Waals surface area contributed by atoms with Crippen LogP contribution >= 0.6 is 0 Å². The fourth-order valence-corrected chi connectivity index (χ4v) is 2.64. The second-order valence-electron chi connectivity index (χ2n) is 5.83. The highest BCUT2D eigenvalue weighted by molar-refractivity contribution is 5.86. The third-order valence-corrected chi connectivity index (χ3v) is 4.03. The molecule has 116 valence electrons. The third kappa shape index (κ3) is 2.72. The molecule has 23 heavy (non-hydrogen) atoms. The molecule has 2 heterocycles. The van der Waals surface area contributed by atoms with Crippen molar-refractivity contribution in [1.29, 1.82) is 0 Å². The molecule has 1 aliphatic carbocycles. The van der Waals surface area contributed by atoms with Crippen LogP contribution in [0.4, 0.5) is 8.78 Å². The molecule has 1 fully saturated rings. The number of pyridine rings is 1. The van der Waals surface area contributed by atoms with Gasteiger partial charge in [-0.15, -0.1) is 0 Å². The van der Waals surface area contributed by atoms with Gasteiger partial charge in [0.15, 0.2) is 5.78 Å². The van der Waals surface area contributed by atoms with E-state index in [9.17, 15) is 13.6 Å². The molecule has 2 aromatic heterocycles. The summed E-state index contributed by atoms with van der Waals surface area (Å²) in [6, 6.07) is 5.09. The van der Waals surface area contributed by atoms with Gasteiger partial charge in [-0.1, -0.05) is 0 Å². The van der Waals surface area contributed by atoms with E-state index in [4.69, 9.17) is 0 Å². The lowest BCUT2D eigenvalue weighted by Crippen LogP contribution is -2.12. The average molecular weight is 313 g/mol. The van der Waals surface area contributed by atoms with Crippen molar-refractivity contribution < 1.29 is 13.6 Å². The van der Waals surface area contributed by atoms with Gasteiger partial charge in [-0.25, -0.2) is 8.78 Å². The number of nitrogens with zero attached hydrogens (tertiary/aromatic N) is 3. The molecule has 1 aliphatic rings. The summed E-state index contributed by atoms with van der Waals surface area (Å²) in [4.78, 5) is 16.2. The number of ketones is 1. The Balaban J connectivity index is 1.75. The van der Waals surface area contributed by atoms with Crippen LogP contribution in [0.3, 0.4) is 0 Å². The molecule has 4 rings (SSSR count). The normalized spacial score (nSPS) is 14.3. The highest BCUT2D eigenvalue weighted by Crippen LogP contribution is 2.31. The maximum atomic E-state index is 13.4. The fraction of sp³-hybridized carbons (Fsp3) is 0.235. The first kappa shape index (κ1) is 14.0. The highest BCUT2D eigenvalue weighted by atomic mass is 19.1. The summed E-state index contributed by atoms with van der Waals surface area (Å²) in [6.45, 7) is 0.205. The zero-order valence-electron chi connectivity index (χ0n) is 12.2. The summed E-state index contributed by atoms with van der Waals surface area (Å²) in [5.41, 5.74) is 2.31. The second kappa shape index (κ2) is 5.22. The number of benzene rings is 1. The molecule has 3 aromatic rings. The quantitative estimate of drug-likeness (QED) is 0.742. The van der Waals surface area contributed by atoms with Crippen LogP contribution in [0.2, 0.25) is 0 Å². The van der Waals surface area contributed by atoms with Crippen LogP contribution in [-0.4, -0.2) is 20.5 Å². The summed E-state index contributed by atoms with van der Waals surface area (Å²) in [6.07, 6.45) is 5.03. The molecule has 4 nitrogen and oxygen atoms in total. The molecule has 1 aromatic carbocycles. The van der Waals surface area contributed by atoms with E-state index < -0.39 is 11.6 Å². The first-order valence-electron chi connectivity index (χ1n) is 7.41. The minimum atomic E-state index is -0.641. The Morgan fingerprint density at radius 1 is 1.09 bits per heavy atom. The zero-order valence-corrected chi connectivity index (χ0v) is 12.2. The van der Waals surface area contributed by atoms with Crippen LogP contribution in [0.1, 0.15) is 12.8 Å². The number of hydrogen-bond donors (Lipinski definition) is 0. The van der Waals surface area contributed by atoms with E-state index in [-0.39, 0.29) is 18.2 Å². The first-order valence-corrected chi connectivity index (χ1v) is 7.41. The molecule has 0 radical (unpaired) electrons. The molecule has 0 bridgehead atoms. The molecule has 0 N–H and O–H groups in total. The van der Waals surface area contributed by atoms with Gasteiger partial charge in [0.2, 0.25) is 0 Å². The van der Waals surface area contributed by atoms with E-state index in [0.29, 0.717) is 22.2 Å². The van der Waals surface area contributed by atoms with Crippen molar-refractivity contribution in [2.24, 2.45) is 5.92 Å². The molecule has 0 amide bonds. The Morgan fingerprint density at radius 2 is 1.83 bits per heavy atom. The van der Waals surface area contributed by atoms with E-state index in [0.717, 1.165) is 18.9 Å². The molecule has 0 saturated heterocycles. The van der Waals surface area contributed by atoms with E-state index in [1.807, 2.05) is 0 Å². The lowest BCUT2D eigenvalue weighted by Gasteiger charge is -2.05. The topological polar surface area (TPSA) is 47.8 Å². The maximum absolute atomic E-state index is 13.4. The van der Waals surface area contributed by atoms with Gasteiger partial charge >= 0.3 is 0 Å². The lowest BCUT2D eigenvalue weighted by molar-refractivity contribution is -0.120. The minimum absolute atomic E-state index is 0.155. The molecule has 0 unspecified atom stereocenters. The average Bonchev–Trinajstić information content (AvgIpc) is 3.29. The number of aromatic nitrogens is 3. The molecular formula is C17H13F2N3O. The Morgan fingerprint density at radius 3 is 2.52 bits per heavy atom. The molecular weight excluding hydrogens is 300 g/mol. The summed E-state index contributed by atoms with van der Waals surface area (Å²) < 4.78 is 28.4. The fourth-order valence-electron chi connectivity index (χ4n) is 2.64. The third-order valence-electron chi connectivity index (χ3n) is 4.03. The summed E-state index contributed by atoms with van der Waals surface area (Å²) in [5.74, 6) is -0.963. The Labute approximate surface area is 130 Å². The van der Waals surface area contributed by atoms with Crippen molar-refractivity contribution in [3.05, 3.63) is 48.3 Å². The van der Waals surface area contributed by atoms with Gasteiger partial charge in [-0.05, 0) is 36.6 Å². The van der Waals surface area contributed by atoms with Gasteiger partial charge in [0.05, 0.1) is 11.7 Å². The Kier molecular flexibility index (Phi) is 3.18. The maximum Gasteiger partial charge on any atom is 0.157 e. The van der Waals surface area contributed by atoms with E-state index >= 15 is 0 Å². The molecule has 0 spiro atoms. The van der Waals surface area contributed by atoms with Gasteiger partial charge < -0.3 is 0 Å². The van der Waals surface area contributed by atoms with Crippen molar-refractivity contribution in [3.63, 3.8) is 0 Å². The van der Waals surface area contributed by atoms with Crippen molar-refractivity contribution in [2.45, 2.75) is 19.4 Å². The number of Topliss-reactive ketones (excluding diaryl/α,β-unsaturated/α-hetero) is 1. The Hall–Kier alpha value is -2.63. The van der Waals surface area contributed by atoms with Gasteiger partial charge in [-0.2, -0.15) is 5.10 Å². The van der Waals surface area contributed by atoms with Gasteiger partial charge in [0, 0.05) is 23.7 Å². The van der Waals surface area contributed by atoms with Crippen molar-refractivity contribution in [2.75, 3.05) is 0 Å². The number of rotatable bonds is 4. The smallest absolute Gasteiger partial charge is 0.157 e. The van der Waals surface area contributed by atoms with Gasteiger partial charge in [0.1, 0.15) is 23.7 Å². The highest BCUT2D eigenvalue weighted by Gasteiger charge is 2.29. The van der Waals surface area contributed by atoms with Gasteiger partial charge in [0.25, 0.3) is 0 Å². The summed E-state index contributed by atoms with van der Waals surface area (Å²) in [7, 11) is 0. The van der Waals surface area contributed by atoms with Crippen molar-refractivity contribution in [3.8, 4) is 11.1 Å². The van der Waals surface area contributed by atoms with E-state index in [1.165, 1.54) is 12.1 Å². The van der Waals surface area contributed by atoms with Crippen LogP contribution in [0, 0.1) is 17.6 Å². The molecule has 0 aliphatic heterocycles. The molecule has 1 saturated carbocycles. The predicted octanol–water partition coefficient (Wildman–Crippen LogP) is 3.36. The van der Waals surface area contributed by atoms with Crippen molar-refractivity contribution >= 4 is 16.8 Å². The van der Waals surface area contributed by atoms with E-state index in [2.05, 4.69) is 10.1 Å². The lowest BCUT2D eigenvalue weighted by atomic mass is 10.1. The largest absolute Gasteiger partial charge is 0.297 e. The minimum Gasteiger partial charge on any atom is -0.297 e. The molecule has 6 heteroatoms. The van der Waals surface area contributed by atoms with Crippen LogP contribution in [0.25, 0.3) is 22.2 Å². The predicted molar refractivity (Wildman–Crippen MR) is 80.6 cm³/mol. The number of fused-ring (bicyclic) bond motifs is 1. The number of halogens is 2. The second-order valence-corrected chi connectivity index (χ2v) is 5.83. The van der Waals surface area contributed by atoms with Crippen LogP contribution < -0.4 is 0 Å². The SMILES string of the molecule is O=C(Cn1ncc2ncc(-c3cc(F)cc(F)c3)cc21)C1CC1. The van der Waals surface area contributed by atoms with Crippen molar-refractivity contribution in [1.82, 2.24) is 14.8 Å². The summed E-state index contributed by atoms with van der Waals surface area (Å²) in [5, 5.41) is 4.20. The van der Waals surface area contributed by atoms with E-state index in [1.54, 1.807) is 23.1 Å². The van der Waals surface area contributed by atoms with Crippen LogP contribution in [0.15, 0.2) is 36.7 Å². The van der Waals surface area contributed by atoms with Crippen LogP contribution in [-0.2, 0) is 11.3 Å². The zero-order chi connectivity index (χ0) is 16.0. The Bertz CT molecular complexity index is 895.